The molecule has 1 aliphatic rings. The topological polar surface area (TPSA) is 21.6 Å². The Kier molecular flexibility index (Phi) is 4.63. The van der Waals surface area contributed by atoms with Crippen LogP contribution >= 0.6 is 0 Å². The fraction of sp³-hybridized carbons (Fsp3) is 0.625. The van der Waals surface area contributed by atoms with Gasteiger partial charge in [0.1, 0.15) is 6.61 Å². The fourth-order valence-corrected chi connectivity index (χ4v) is 0.474. The smallest absolute Gasteiger partial charge is 0.138 e. The Labute approximate surface area is 62.6 Å². The van der Waals surface area contributed by atoms with Crippen molar-refractivity contribution in [1.82, 2.24) is 0 Å². The number of nitrogens with zero attached hydrogens (tertiary/aromatic N) is 1. The molecule has 0 bridgehead atoms. The van der Waals surface area contributed by atoms with Crippen molar-refractivity contribution in [2.75, 3.05) is 6.61 Å². The van der Waals surface area contributed by atoms with Crippen LogP contribution in [-0.4, -0.2) is 12.8 Å². The predicted molar refractivity (Wildman–Crippen MR) is 44.2 cm³/mol. The Hall–Kier alpha value is -0.790. The van der Waals surface area contributed by atoms with Crippen molar-refractivity contribution in [3.63, 3.8) is 0 Å². The highest BCUT2D eigenvalue weighted by atomic mass is 16.6. The predicted octanol–water partition coefficient (Wildman–Crippen LogP) is 2.37. The van der Waals surface area contributed by atoms with E-state index < -0.39 is 0 Å². The molecule has 0 N–H and O–H groups in total. The summed E-state index contributed by atoms with van der Waals surface area (Å²) in [7, 11) is 0. The fourth-order valence-electron chi connectivity index (χ4n) is 0.474. The molecule has 0 amide bonds. The molecule has 0 aromatic carbocycles. The maximum atomic E-state index is 4.76. The Morgan fingerprint density at radius 2 is 2.00 bits per heavy atom. The molecular weight excluding hydrogens is 126 g/mol. The van der Waals surface area contributed by atoms with Gasteiger partial charge in [-0.3, -0.25) is 0 Å². The lowest BCUT2D eigenvalue weighted by molar-refractivity contribution is 0.165. The molecule has 0 aliphatic carbocycles. The molecule has 0 radical (unpaired) electrons. The third-order valence-electron chi connectivity index (χ3n) is 1.28. The highest BCUT2D eigenvalue weighted by Crippen LogP contribution is 2.05. The van der Waals surface area contributed by atoms with Gasteiger partial charge in [-0.15, -0.1) is 0 Å². The van der Waals surface area contributed by atoms with Crippen molar-refractivity contribution in [3.8, 4) is 0 Å². The van der Waals surface area contributed by atoms with Crippen molar-refractivity contribution in [1.29, 1.82) is 0 Å². The normalized spacial score (nSPS) is 15.6. The summed E-state index contributed by atoms with van der Waals surface area (Å²) in [5.41, 5.74) is 2.48. The monoisotopic (exact) mass is 141 g/mol. The van der Waals surface area contributed by atoms with Crippen molar-refractivity contribution >= 4 is 6.21 Å². The first-order valence-corrected chi connectivity index (χ1v) is 3.62. The van der Waals surface area contributed by atoms with Crippen LogP contribution in [-0.2, 0) is 4.84 Å². The van der Waals surface area contributed by atoms with Gasteiger partial charge < -0.3 is 4.84 Å². The van der Waals surface area contributed by atoms with Gasteiger partial charge in [-0.2, -0.15) is 0 Å². The quantitative estimate of drug-likeness (QED) is 0.507. The second-order valence-electron chi connectivity index (χ2n) is 1.97. The minimum atomic E-state index is 0.655. The molecular formula is C8H15NO. The zero-order valence-electron chi connectivity index (χ0n) is 7.14. The van der Waals surface area contributed by atoms with Crippen molar-refractivity contribution in [2.45, 2.75) is 27.7 Å². The van der Waals surface area contributed by atoms with E-state index in [1.54, 1.807) is 6.21 Å². The molecule has 0 fully saturated rings. The molecule has 0 atom stereocenters. The second kappa shape index (κ2) is 5.03. The molecule has 0 saturated heterocycles. The number of oxime groups is 1. The van der Waals surface area contributed by atoms with E-state index in [-0.39, 0.29) is 0 Å². The molecule has 1 rings (SSSR count). The first kappa shape index (κ1) is 9.21. The Morgan fingerprint density at radius 3 is 2.30 bits per heavy atom. The lowest BCUT2D eigenvalue weighted by Gasteiger charge is -2.06. The second-order valence-corrected chi connectivity index (χ2v) is 1.97. The van der Waals surface area contributed by atoms with Crippen LogP contribution in [0.2, 0.25) is 0 Å². The van der Waals surface area contributed by atoms with E-state index >= 15 is 0 Å². The van der Waals surface area contributed by atoms with Crippen LogP contribution in [0.25, 0.3) is 0 Å². The SMILES string of the molecule is CC.CC1=C(C)CON=C1. The van der Waals surface area contributed by atoms with Crippen LogP contribution in [0.15, 0.2) is 16.3 Å². The van der Waals surface area contributed by atoms with Gasteiger partial charge in [0.2, 0.25) is 0 Å². The zero-order valence-corrected chi connectivity index (χ0v) is 7.14. The van der Waals surface area contributed by atoms with Crippen LogP contribution in [0.1, 0.15) is 27.7 Å². The molecule has 2 nitrogen and oxygen atoms in total. The third kappa shape index (κ3) is 2.67. The first-order valence-electron chi connectivity index (χ1n) is 3.62. The standard InChI is InChI=1S/C6H9NO.C2H6/c1-5-3-7-8-4-6(5)2;1-2/h3H,4H2,1-2H3;1-2H3. The van der Waals surface area contributed by atoms with Gasteiger partial charge in [0.25, 0.3) is 0 Å². The molecule has 0 spiro atoms. The molecule has 1 heterocycles. The Morgan fingerprint density at radius 1 is 1.40 bits per heavy atom. The van der Waals surface area contributed by atoms with Crippen LogP contribution in [0.3, 0.4) is 0 Å². The highest BCUT2D eigenvalue weighted by Gasteiger charge is 1.98. The van der Waals surface area contributed by atoms with Crippen LogP contribution < -0.4 is 0 Å². The van der Waals surface area contributed by atoms with Crippen molar-refractivity contribution in [3.05, 3.63) is 11.1 Å². The molecule has 0 saturated carbocycles. The van der Waals surface area contributed by atoms with E-state index in [1.807, 2.05) is 27.7 Å². The highest BCUT2D eigenvalue weighted by molar-refractivity contribution is 5.78. The zero-order chi connectivity index (χ0) is 7.98. The van der Waals surface area contributed by atoms with Gasteiger partial charge in [0, 0.05) is 0 Å². The molecule has 1 aliphatic heterocycles. The summed E-state index contributed by atoms with van der Waals surface area (Å²) in [4.78, 5) is 4.76. The average Bonchev–Trinajstić information content (AvgIpc) is 2.00. The van der Waals surface area contributed by atoms with E-state index in [1.165, 1.54) is 11.1 Å². The molecule has 58 valence electrons. The maximum absolute atomic E-state index is 4.76. The largest absolute Gasteiger partial charge is 0.391 e. The van der Waals surface area contributed by atoms with Crippen molar-refractivity contribution < 1.29 is 4.84 Å². The average molecular weight is 141 g/mol. The van der Waals surface area contributed by atoms with Gasteiger partial charge in [-0.25, -0.2) is 0 Å². The number of hydrogen-bond donors (Lipinski definition) is 0. The van der Waals surface area contributed by atoms with Gasteiger partial charge in [0.15, 0.2) is 0 Å². The molecule has 0 aromatic rings. The van der Waals surface area contributed by atoms with E-state index in [2.05, 4.69) is 5.16 Å². The van der Waals surface area contributed by atoms with Gasteiger partial charge in [-0.1, -0.05) is 19.0 Å². The summed E-state index contributed by atoms with van der Waals surface area (Å²) in [6.45, 7) is 8.73. The number of rotatable bonds is 0. The molecule has 0 unspecified atom stereocenters. The molecule has 2 heteroatoms. The van der Waals surface area contributed by atoms with Crippen molar-refractivity contribution in [2.24, 2.45) is 5.16 Å². The Bertz CT molecular complexity index is 147. The summed E-state index contributed by atoms with van der Waals surface area (Å²) in [5, 5.41) is 3.63. The maximum Gasteiger partial charge on any atom is 0.138 e. The summed E-state index contributed by atoms with van der Waals surface area (Å²) < 4.78 is 0. The van der Waals surface area contributed by atoms with Gasteiger partial charge in [0.05, 0.1) is 6.21 Å². The molecule has 10 heavy (non-hydrogen) atoms. The van der Waals surface area contributed by atoms with Crippen LogP contribution in [0.5, 0.6) is 0 Å². The minimum absolute atomic E-state index is 0.655. The summed E-state index contributed by atoms with van der Waals surface area (Å²) in [5.74, 6) is 0. The van der Waals surface area contributed by atoms with Crippen LogP contribution in [0.4, 0.5) is 0 Å². The first-order chi connectivity index (χ1) is 4.80. The van der Waals surface area contributed by atoms with Crippen LogP contribution in [0, 0.1) is 0 Å². The van der Waals surface area contributed by atoms with E-state index in [4.69, 9.17) is 4.84 Å². The van der Waals surface area contributed by atoms with E-state index in [0.717, 1.165) is 0 Å². The lowest BCUT2D eigenvalue weighted by atomic mass is 10.2. The summed E-state index contributed by atoms with van der Waals surface area (Å²) in [6, 6.07) is 0. The lowest BCUT2D eigenvalue weighted by Crippen LogP contribution is -2.00. The minimum Gasteiger partial charge on any atom is -0.391 e. The number of hydrogen-bond acceptors (Lipinski definition) is 2. The van der Waals surface area contributed by atoms with Gasteiger partial charge >= 0.3 is 0 Å². The summed E-state index contributed by atoms with van der Waals surface area (Å²) in [6.07, 6.45) is 1.73. The molecule has 0 aromatic heterocycles. The van der Waals surface area contributed by atoms with E-state index in [0.29, 0.717) is 6.61 Å². The van der Waals surface area contributed by atoms with Gasteiger partial charge in [-0.05, 0) is 25.0 Å². The van der Waals surface area contributed by atoms with E-state index in [9.17, 15) is 0 Å². The third-order valence-corrected chi connectivity index (χ3v) is 1.28. The summed E-state index contributed by atoms with van der Waals surface area (Å²) >= 11 is 0. The number of allylic oxidation sites excluding steroid dienone is 1. The Balaban J connectivity index is 0.000000371.